The fourth-order valence-corrected chi connectivity index (χ4v) is 2.33. The molecule has 0 aliphatic carbocycles. The third-order valence-corrected chi connectivity index (χ3v) is 3.65. The van der Waals surface area contributed by atoms with Gasteiger partial charge in [-0.1, -0.05) is 36.4 Å². The van der Waals surface area contributed by atoms with E-state index in [4.69, 9.17) is 21.1 Å². The maximum atomic E-state index is 12.1. The van der Waals surface area contributed by atoms with Gasteiger partial charge in [0.15, 0.2) is 5.70 Å². The Morgan fingerprint density at radius 2 is 1.96 bits per heavy atom. The van der Waals surface area contributed by atoms with Gasteiger partial charge in [0.05, 0.1) is 0 Å². The number of carbonyl (C=O) groups is 1. The summed E-state index contributed by atoms with van der Waals surface area (Å²) in [5.74, 6) is 0.411. The van der Waals surface area contributed by atoms with Crippen LogP contribution in [0.25, 0.3) is 6.08 Å². The molecule has 1 aliphatic heterocycles. The van der Waals surface area contributed by atoms with Gasteiger partial charge in [0, 0.05) is 16.1 Å². The first kappa shape index (κ1) is 17.0. The molecule has 1 aliphatic rings. The molecule has 0 spiro atoms. The summed E-state index contributed by atoms with van der Waals surface area (Å²) < 4.78 is 11.0. The van der Waals surface area contributed by atoms with Crippen LogP contribution in [0.1, 0.15) is 18.1 Å². The Bertz CT molecular complexity index is 882. The Balaban J connectivity index is 1.89. The van der Waals surface area contributed by atoms with E-state index in [1.54, 1.807) is 30.3 Å². The lowest BCUT2D eigenvalue weighted by atomic mass is 10.1. The van der Waals surface area contributed by atoms with Gasteiger partial charge in [-0.05, 0) is 48.9 Å². The standard InChI is InChI=1S/C20H16ClNO3/c1-13(2)12-24-18-6-4-3-5-15(18)11-17-20(23)25-19(22-17)14-7-9-16(21)10-8-14/h3-11H,1,12H2,2H3. The normalized spacial score (nSPS) is 15.0. The number of para-hydroxylation sites is 1. The summed E-state index contributed by atoms with van der Waals surface area (Å²) in [5.41, 5.74) is 2.56. The molecule has 0 saturated heterocycles. The minimum atomic E-state index is -0.500. The fraction of sp³-hybridized carbons (Fsp3) is 0.100. The highest BCUT2D eigenvalue weighted by Gasteiger charge is 2.24. The van der Waals surface area contributed by atoms with Crippen molar-refractivity contribution in [2.45, 2.75) is 6.92 Å². The van der Waals surface area contributed by atoms with Gasteiger partial charge < -0.3 is 9.47 Å². The van der Waals surface area contributed by atoms with Gasteiger partial charge in [-0.25, -0.2) is 9.79 Å². The summed E-state index contributed by atoms with van der Waals surface area (Å²) in [5, 5.41) is 0.605. The second-order valence-electron chi connectivity index (χ2n) is 5.63. The van der Waals surface area contributed by atoms with Gasteiger partial charge in [0.25, 0.3) is 0 Å². The Kier molecular flexibility index (Phi) is 5.00. The van der Waals surface area contributed by atoms with Crippen molar-refractivity contribution in [3.05, 3.63) is 82.5 Å². The van der Waals surface area contributed by atoms with Crippen molar-refractivity contribution in [2.24, 2.45) is 4.99 Å². The summed E-state index contributed by atoms with van der Waals surface area (Å²) in [6.07, 6.45) is 1.65. The first-order valence-electron chi connectivity index (χ1n) is 7.67. The van der Waals surface area contributed by atoms with Crippen LogP contribution < -0.4 is 4.74 Å². The number of hydrogen-bond donors (Lipinski definition) is 0. The third-order valence-electron chi connectivity index (χ3n) is 3.40. The van der Waals surface area contributed by atoms with Gasteiger partial charge in [0.2, 0.25) is 5.90 Å². The molecule has 0 saturated carbocycles. The van der Waals surface area contributed by atoms with Crippen molar-refractivity contribution in [3.8, 4) is 5.75 Å². The molecule has 3 rings (SSSR count). The molecule has 2 aromatic carbocycles. The first-order chi connectivity index (χ1) is 12.0. The van der Waals surface area contributed by atoms with E-state index in [0.29, 0.717) is 22.9 Å². The largest absolute Gasteiger partial charge is 0.489 e. The van der Waals surface area contributed by atoms with Crippen LogP contribution in [0, 0.1) is 0 Å². The third kappa shape index (κ3) is 4.17. The Labute approximate surface area is 151 Å². The second kappa shape index (κ2) is 7.36. The molecule has 0 fully saturated rings. The average Bonchev–Trinajstić information content (AvgIpc) is 2.95. The van der Waals surface area contributed by atoms with Crippen molar-refractivity contribution >= 4 is 29.5 Å². The Hall–Kier alpha value is -2.85. The number of ether oxygens (including phenoxy) is 2. The number of esters is 1. The minimum absolute atomic E-state index is 0.219. The molecule has 1 heterocycles. The van der Waals surface area contributed by atoms with Crippen molar-refractivity contribution in [3.63, 3.8) is 0 Å². The monoisotopic (exact) mass is 353 g/mol. The fourth-order valence-electron chi connectivity index (χ4n) is 2.20. The van der Waals surface area contributed by atoms with Gasteiger partial charge in [0.1, 0.15) is 12.4 Å². The van der Waals surface area contributed by atoms with Crippen molar-refractivity contribution in [2.75, 3.05) is 6.61 Å². The molecular weight excluding hydrogens is 338 g/mol. The molecule has 2 aromatic rings. The van der Waals surface area contributed by atoms with Gasteiger partial charge in [-0.2, -0.15) is 0 Å². The van der Waals surface area contributed by atoms with Crippen LogP contribution in [-0.4, -0.2) is 18.5 Å². The molecule has 0 bridgehead atoms. The molecule has 25 heavy (non-hydrogen) atoms. The highest BCUT2D eigenvalue weighted by molar-refractivity contribution is 6.30. The summed E-state index contributed by atoms with van der Waals surface area (Å²) in [4.78, 5) is 16.4. The van der Waals surface area contributed by atoms with Crippen molar-refractivity contribution < 1.29 is 14.3 Å². The van der Waals surface area contributed by atoms with E-state index in [1.165, 1.54) is 0 Å². The van der Waals surface area contributed by atoms with E-state index in [1.807, 2.05) is 31.2 Å². The van der Waals surface area contributed by atoms with E-state index < -0.39 is 5.97 Å². The predicted octanol–water partition coefficient (Wildman–Crippen LogP) is 4.64. The van der Waals surface area contributed by atoms with Gasteiger partial charge >= 0.3 is 5.97 Å². The number of halogens is 1. The maximum Gasteiger partial charge on any atom is 0.363 e. The Morgan fingerprint density at radius 1 is 1.24 bits per heavy atom. The molecule has 0 aromatic heterocycles. The zero-order valence-corrected chi connectivity index (χ0v) is 14.4. The first-order valence-corrected chi connectivity index (χ1v) is 8.05. The molecule has 5 heteroatoms. The Morgan fingerprint density at radius 3 is 2.68 bits per heavy atom. The molecule has 0 N–H and O–H groups in total. The van der Waals surface area contributed by atoms with Crippen molar-refractivity contribution in [1.82, 2.24) is 0 Å². The van der Waals surface area contributed by atoms with Crippen LogP contribution in [0.3, 0.4) is 0 Å². The summed E-state index contributed by atoms with van der Waals surface area (Å²) in [6.45, 7) is 6.11. The topological polar surface area (TPSA) is 47.9 Å². The highest BCUT2D eigenvalue weighted by atomic mass is 35.5. The molecule has 4 nitrogen and oxygen atoms in total. The molecule has 0 atom stereocenters. The number of aliphatic imine (C=N–C) groups is 1. The smallest absolute Gasteiger partial charge is 0.363 e. The van der Waals surface area contributed by atoms with Crippen LogP contribution in [-0.2, 0) is 9.53 Å². The van der Waals surface area contributed by atoms with Crippen LogP contribution in [0.5, 0.6) is 5.75 Å². The number of carbonyl (C=O) groups excluding carboxylic acids is 1. The lowest BCUT2D eigenvalue weighted by Gasteiger charge is -2.08. The van der Waals surface area contributed by atoms with E-state index >= 15 is 0 Å². The molecular formula is C20H16ClNO3. The maximum absolute atomic E-state index is 12.1. The minimum Gasteiger partial charge on any atom is -0.489 e. The average molecular weight is 354 g/mol. The zero-order chi connectivity index (χ0) is 17.8. The lowest BCUT2D eigenvalue weighted by molar-refractivity contribution is -0.129. The van der Waals surface area contributed by atoms with Crippen LogP contribution >= 0.6 is 11.6 Å². The summed E-state index contributed by atoms with van der Waals surface area (Å²) in [6, 6.07) is 14.4. The van der Waals surface area contributed by atoms with Gasteiger partial charge in [-0.3, -0.25) is 0 Å². The van der Waals surface area contributed by atoms with E-state index in [2.05, 4.69) is 11.6 Å². The highest BCUT2D eigenvalue weighted by Crippen LogP contribution is 2.25. The van der Waals surface area contributed by atoms with Crippen LogP contribution in [0.4, 0.5) is 0 Å². The number of hydrogen-bond acceptors (Lipinski definition) is 4. The molecule has 0 unspecified atom stereocenters. The van der Waals surface area contributed by atoms with Crippen LogP contribution in [0.15, 0.2) is 71.4 Å². The molecule has 126 valence electrons. The molecule has 0 amide bonds. The summed E-state index contributed by atoms with van der Waals surface area (Å²) >= 11 is 5.87. The van der Waals surface area contributed by atoms with Crippen molar-refractivity contribution in [1.29, 1.82) is 0 Å². The van der Waals surface area contributed by atoms with E-state index in [0.717, 1.165) is 11.1 Å². The number of nitrogens with zero attached hydrogens (tertiary/aromatic N) is 1. The van der Waals surface area contributed by atoms with E-state index in [-0.39, 0.29) is 11.6 Å². The number of cyclic esters (lactones) is 1. The lowest BCUT2D eigenvalue weighted by Crippen LogP contribution is -2.05. The van der Waals surface area contributed by atoms with Crippen LogP contribution in [0.2, 0.25) is 5.02 Å². The predicted molar refractivity (Wildman–Crippen MR) is 98.8 cm³/mol. The quantitative estimate of drug-likeness (QED) is 0.447. The second-order valence-corrected chi connectivity index (χ2v) is 6.06. The summed E-state index contributed by atoms with van der Waals surface area (Å²) in [7, 11) is 0. The SMILES string of the molecule is C=C(C)COc1ccccc1C=C1N=C(c2ccc(Cl)cc2)OC1=O. The van der Waals surface area contributed by atoms with Gasteiger partial charge in [-0.15, -0.1) is 0 Å². The zero-order valence-electron chi connectivity index (χ0n) is 13.7. The van der Waals surface area contributed by atoms with E-state index in [9.17, 15) is 4.79 Å². The molecule has 0 radical (unpaired) electrons. The number of rotatable bonds is 5. The number of benzene rings is 2.